The van der Waals surface area contributed by atoms with Gasteiger partial charge in [-0.25, -0.2) is 0 Å². The molecule has 1 aliphatic heterocycles. The average molecular weight is 285 g/mol. The summed E-state index contributed by atoms with van der Waals surface area (Å²) in [6.45, 7) is 4.94. The minimum atomic E-state index is -0.516. The van der Waals surface area contributed by atoms with E-state index in [9.17, 15) is 5.11 Å². The zero-order chi connectivity index (χ0) is 13.5. The molecule has 1 aliphatic rings. The van der Waals surface area contributed by atoms with Crippen LogP contribution >= 0.6 is 11.6 Å². The van der Waals surface area contributed by atoms with Crippen molar-refractivity contribution in [3.8, 4) is 0 Å². The minimum Gasteiger partial charge on any atom is -0.390 e. The Kier molecular flexibility index (Phi) is 5.92. The Balaban J connectivity index is 1.94. The number of hydrogen-bond donors (Lipinski definition) is 2. The van der Waals surface area contributed by atoms with Crippen molar-refractivity contribution in [3.05, 3.63) is 29.8 Å². The fraction of sp³-hybridized carbons (Fsp3) is 0.571. The van der Waals surface area contributed by atoms with E-state index in [0.717, 1.165) is 38.5 Å². The normalized spacial score (nSPS) is 18.2. The van der Waals surface area contributed by atoms with Crippen LogP contribution in [0, 0.1) is 0 Å². The highest BCUT2D eigenvalue weighted by atomic mass is 35.5. The van der Waals surface area contributed by atoms with Gasteiger partial charge >= 0.3 is 0 Å². The molecule has 1 saturated heterocycles. The lowest BCUT2D eigenvalue weighted by Gasteiger charge is -2.27. The summed E-state index contributed by atoms with van der Waals surface area (Å²) < 4.78 is 5.36. The number of nitrogens with one attached hydrogen (secondary N) is 1. The molecule has 1 fully saturated rings. The lowest BCUT2D eigenvalue weighted by Crippen LogP contribution is -2.35. The number of aliphatic hydroxyl groups is 1. The van der Waals surface area contributed by atoms with E-state index in [1.807, 2.05) is 18.2 Å². The number of aliphatic hydroxyl groups excluding tert-OH is 1. The average Bonchev–Trinajstić information content (AvgIpc) is 2.47. The number of hydrogen-bond acceptors (Lipinski definition) is 4. The monoisotopic (exact) mass is 284 g/mol. The summed E-state index contributed by atoms with van der Waals surface area (Å²) in [6, 6.07) is 8.19. The molecule has 0 bridgehead atoms. The van der Waals surface area contributed by atoms with E-state index < -0.39 is 6.10 Å². The summed E-state index contributed by atoms with van der Waals surface area (Å²) in [5, 5.41) is 12.8. The fourth-order valence-electron chi connectivity index (χ4n) is 2.11. The van der Waals surface area contributed by atoms with E-state index in [0.29, 0.717) is 6.54 Å². The lowest BCUT2D eigenvalue weighted by molar-refractivity contribution is 0.0342. The lowest BCUT2D eigenvalue weighted by atomic mass is 10.1. The van der Waals surface area contributed by atoms with Crippen LogP contribution in [0.25, 0.3) is 0 Å². The number of alkyl halides is 1. The molecule has 4 nitrogen and oxygen atoms in total. The molecular formula is C14H21ClN2O2. The van der Waals surface area contributed by atoms with Gasteiger partial charge in [0.15, 0.2) is 0 Å². The Labute approximate surface area is 119 Å². The van der Waals surface area contributed by atoms with E-state index in [4.69, 9.17) is 16.3 Å². The van der Waals surface area contributed by atoms with Crippen LogP contribution in [0.3, 0.4) is 0 Å². The number of benzene rings is 1. The molecule has 1 aromatic carbocycles. The van der Waals surface area contributed by atoms with E-state index in [-0.39, 0.29) is 5.88 Å². The molecule has 0 radical (unpaired) electrons. The van der Waals surface area contributed by atoms with E-state index in [2.05, 4.69) is 16.3 Å². The summed E-state index contributed by atoms with van der Waals surface area (Å²) in [6.07, 6.45) is -0.516. The van der Waals surface area contributed by atoms with Gasteiger partial charge in [-0.15, -0.1) is 11.6 Å². The third-order valence-corrected chi connectivity index (χ3v) is 3.58. The number of anilines is 1. The second-order valence-corrected chi connectivity index (χ2v) is 5.04. The first-order chi connectivity index (χ1) is 9.29. The highest BCUT2D eigenvalue weighted by Crippen LogP contribution is 2.18. The van der Waals surface area contributed by atoms with Gasteiger partial charge in [0, 0.05) is 31.9 Å². The molecule has 1 heterocycles. The van der Waals surface area contributed by atoms with Crippen LogP contribution in [0.15, 0.2) is 24.3 Å². The zero-order valence-corrected chi connectivity index (χ0v) is 11.8. The SMILES string of the molecule is OC(CCl)CNc1ccccc1CN1CCOCC1. The number of morpholine rings is 1. The molecule has 2 N–H and O–H groups in total. The molecule has 106 valence electrons. The van der Waals surface area contributed by atoms with E-state index in [1.165, 1.54) is 5.56 Å². The predicted molar refractivity (Wildman–Crippen MR) is 77.8 cm³/mol. The van der Waals surface area contributed by atoms with Gasteiger partial charge in [0.05, 0.1) is 25.2 Å². The highest BCUT2D eigenvalue weighted by Gasteiger charge is 2.12. The highest BCUT2D eigenvalue weighted by molar-refractivity contribution is 6.18. The number of para-hydroxylation sites is 1. The smallest absolute Gasteiger partial charge is 0.0847 e. The maximum Gasteiger partial charge on any atom is 0.0847 e. The zero-order valence-electron chi connectivity index (χ0n) is 11.0. The van der Waals surface area contributed by atoms with Gasteiger partial charge in [0.2, 0.25) is 0 Å². The maximum absolute atomic E-state index is 9.51. The van der Waals surface area contributed by atoms with Gasteiger partial charge in [-0.3, -0.25) is 4.90 Å². The fourth-order valence-corrected chi connectivity index (χ4v) is 2.22. The van der Waals surface area contributed by atoms with Crippen LogP contribution in [0.5, 0.6) is 0 Å². The third kappa shape index (κ3) is 4.66. The van der Waals surface area contributed by atoms with Crippen molar-refractivity contribution < 1.29 is 9.84 Å². The largest absolute Gasteiger partial charge is 0.390 e. The second-order valence-electron chi connectivity index (χ2n) is 4.73. The summed E-state index contributed by atoms with van der Waals surface area (Å²) >= 11 is 5.60. The van der Waals surface area contributed by atoms with Crippen molar-refractivity contribution in [2.45, 2.75) is 12.6 Å². The molecule has 5 heteroatoms. The van der Waals surface area contributed by atoms with Crippen molar-refractivity contribution in [1.82, 2.24) is 4.90 Å². The van der Waals surface area contributed by atoms with Gasteiger partial charge in [0.25, 0.3) is 0 Å². The molecule has 1 atom stereocenters. The first-order valence-electron chi connectivity index (χ1n) is 6.65. The number of nitrogens with zero attached hydrogens (tertiary/aromatic N) is 1. The standard InChI is InChI=1S/C14H21ClN2O2/c15-9-13(18)10-16-14-4-2-1-3-12(14)11-17-5-7-19-8-6-17/h1-4,13,16,18H,5-11H2. The molecule has 19 heavy (non-hydrogen) atoms. The van der Waals surface area contributed by atoms with Crippen LogP contribution in [0.1, 0.15) is 5.56 Å². The third-order valence-electron chi connectivity index (χ3n) is 3.22. The molecule has 0 spiro atoms. The van der Waals surface area contributed by atoms with Crippen molar-refractivity contribution in [2.24, 2.45) is 0 Å². The van der Waals surface area contributed by atoms with Gasteiger partial charge in [-0.2, -0.15) is 0 Å². The van der Waals surface area contributed by atoms with Crippen LogP contribution in [0.2, 0.25) is 0 Å². The maximum atomic E-state index is 9.51. The van der Waals surface area contributed by atoms with Gasteiger partial charge < -0.3 is 15.2 Å². The summed E-state index contributed by atoms with van der Waals surface area (Å²) in [7, 11) is 0. The van der Waals surface area contributed by atoms with Crippen LogP contribution in [0.4, 0.5) is 5.69 Å². The second kappa shape index (κ2) is 7.70. The first kappa shape index (κ1) is 14.6. The summed E-state index contributed by atoms with van der Waals surface area (Å²) in [5.74, 6) is 0.249. The molecular weight excluding hydrogens is 264 g/mol. The van der Waals surface area contributed by atoms with Crippen LogP contribution in [-0.2, 0) is 11.3 Å². The summed E-state index contributed by atoms with van der Waals surface area (Å²) in [4.78, 5) is 2.38. The quantitative estimate of drug-likeness (QED) is 0.778. The minimum absolute atomic E-state index is 0.249. The molecule has 0 saturated carbocycles. The predicted octanol–water partition coefficient (Wildman–Crippen LogP) is 1.53. The number of rotatable bonds is 6. The Morgan fingerprint density at radius 2 is 2.05 bits per heavy atom. The van der Waals surface area contributed by atoms with Gasteiger partial charge in [-0.1, -0.05) is 18.2 Å². The number of ether oxygens (including phenoxy) is 1. The van der Waals surface area contributed by atoms with Gasteiger partial charge in [-0.05, 0) is 11.6 Å². The van der Waals surface area contributed by atoms with Crippen molar-refractivity contribution in [3.63, 3.8) is 0 Å². The Morgan fingerprint density at radius 3 is 2.79 bits per heavy atom. The number of halogens is 1. The van der Waals surface area contributed by atoms with Crippen LogP contribution in [-0.4, -0.2) is 54.8 Å². The molecule has 1 unspecified atom stereocenters. The molecule has 0 aliphatic carbocycles. The molecule has 2 rings (SSSR count). The Bertz CT molecular complexity index is 383. The Morgan fingerprint density at radius 1 is 1.32 bits per heavy atom. The summed E-state index contributed by atoms with van der Waals surface area (Å²) in [5.41, 5.74) is 2.31. The topological polar surface area (TPSA) is 44.7 Å². The molecule has 1 aromatic rings. The van der Waals surface area contributed by atoms with Gasteiger partial charge in [0.1, 0.15) is 0 Å². The molecule has 0 aromatic heterocycles. The van der Waals surface area contributed by atoms with Crippen LogP contribution < -0.4 is 5.32 Å². The van der Waals surface area contributed by atoms with E-state index >= 15 is 0 Å². The first-order valence-corrected chi connectivity index (χ1v) is 7.19. The molecule has 0 amide bonds. The van der Waals surface area contributed by atoms with Crippen molar-refractivity contribution >= 4 is 17.3 Å². The van der Waals surface area contributed by atoms with E-state index in [1.54, 1.807) is 0 Å². The van der Waals surface area contributed by atoms with Crippen molar-refractivity contribution in [1.29, 1.82) is 0 Å². The van der Waals surface area contributed by atoms with Crippen molar-refractivity contribution in [2.75, 3.05) is 44.0 Å². The Hall–Kier alpha value is -0.810.